The second kappa shape index (κ2) is 7.65. The summed E-state index contributed by atoms with van der Waals surface area (Å²) in [6.07, 6.45) is 1.41. The number of ketones is 1. The molecular weight excluding hydrogens is 368 g/mol. The van der Waals surface area contributed by atoms with Gasteiger partial charge in [-0.3, -0.25) is 9.59 Å². The number of halogens is 1. The number of rotatable bonds is 6. The topological polar surface area (TPSA) is 56.5 Å². The number of furan rings is 1. The Hall–Kier alpha value is -1.53. The quantitative estimate of drug-likeness (QED) is 0.426. The largest absolute Gasteiger partial charge is 0.461 e. The fourth-order valence-corrected chi connectivity index (χ4v) is 3.10. The molecule has 22 heavy (non-hydrogen) atoms. The van der Waals surface area contributed by atoms with Crippen molar-refractivity contribution in [3.8, 4) is 0 Å². The maximum atomic E-state index is 11.7. The first-order chi connectivity index (χ1) is 10.5. The molecule has 1 aromatic carbocycles. The number of carbonyl (C=O) groups excluding carboxylic acids is 2. The Morgan fingerprint density at radius 3 is 2.73 bits per heavy atom. The van der Waals surface area contributed by atoms with Gasteiger partial charge in [0, 0.05) is 9.37 Å². The van der Waals surface area contributed by atoms with Gasteiger partial charge in [-0.1, -0.05) is 15.9 Å². The van der Waals surface area contributed by atoms with Crippen LogP contribution < -0.4 is 0 Å². The number of carbonyl (C=O) groups is 2. The summed E-state index contributed by atoms with van der Waals surface area (Å²) in [4.78, 5) is 24.4. The van der Waals surface area contributed by atoms with Gasteiger partial charge in [0.2, 0.25) is 5.78 Å². The molecule has 0 aliphatic rings. The molecular formula is C16H15BrO4S. The molecule has 2 aromatic rings. The molecule has 0 saturated carbocycles. The lowest BCUT2D eigenvalue weighted by molar-refractivity contribution is -0.139. The smallest absolute Gasteiger partial charge is 0.316 e. The van der Waals surface area contributed by atoms with Crippen molar-refractivity contribution in [2.45, 2.75) is 18.7 Å². The van der Waals surface area contributed by atoms with Crippen molar-refractivity contribution in [1.82, 2.24) is 0 Å². The second-order valence-corrected chi connectivity index (χ2v) is 6.59. The minimum Gasteiger partial charge on any atom is -0.461 e. The van der Waals surface area contributed by atoms with E-state index in [0.717, 1.165) is 20.5 Å². The number of hydrogen-bond acceptors (Lipinski definition) is 5. The van der Waals surface area contributed by atoms with Crippen LogP contribution in [0.3, 0.4) is 0 Å². The average Bonchev–Trinajstić information content (AvgIpc) is 3.01. The molecule has 0 atom stereocenters. The van der Waals surface area contributed by atoms with E-state index in [1.807, 2.05) is 26.0 Å². The first-order valence-corrected chi connectivity index (χ1v) is 8.37. The summed E-state index contributed by atoms with van der Waals surface area (Å²) >= 11 is 4.87. The Balaban J connectivity index is 1.83. The van der Waals surface area contributed by atoms with Gasteiger partial charge in [-0.15, -0.1) is 11.8 Å². The lowest BCUT2D eigenvalue weighted by Gasteiger charge is -2.08. The molecule has 0 saturated heterocycles. The summed E-state index contributed by atoms with van der Waals surface area (Å²) in [5.74, 6) is -0.420. The summed E-state index contributed by atoms with van der Waals surface area (Å²) in [5.41, 5.74) is 2.19. The van der Waals surface area contributed by atoms with Crippen LogP contribution in [0, 0.1) is 13.8 Å². The van der Waals surface area contributed by atoms with Gasteiger partial charge in [-0.2, -0.15) is 0 Å². The predicted molar refractivity (Wildman–Crippen MR) is 88.3 cm³/mol. The molecule has 116 valence electrons. The minimum absolute atomic E-state index is 0.160. The van der Waals surface area contributed by atoms with Gasteiger partial charge < -0.3 is 9.15 Å². The first kappa shape index (κ1) is 16.8. The highest BCUT2D eigenvalue weighted by molar-refractivity contribution is 9.10. The van der Waals surface area contributed by atoms with Crippen molar-refractivity contribution in [3.63, 3.8) is 0 Å². The van der Waals surface area contributed by atoms with Gasteiger partial charge in [0.05, 0.1) is 12.0 Å². The molecule has 6 heteroatoms. The highest BCUT2D eigenvalue weighted by Gasteiger charge is 2.13. The maximum absolute atomic E-state index is 11.7. The Morgan fingerprint density at radius 1 is 1.27 bits per heavy atom. The molecule has 0 N–H and O–H groups in total. The van der Waals surface area contributed by atoms with E-state index < -0.39 is 5.97 Å². The van der Waals surface area contributed by atoms with Gasteiger partial charge in [0.25, 0.3) is 0 Å². The number of thioether (sulfide) groups is 1. The summed E-state index contributed by atoms with van der Waals surface area (Å²) in [6.45, 7) is 3.68. The lowest BCUT2D eigenvalue weighted by Crippen LogP contribution is -2.15. The van der Waals surface area contributed by atoms with Crippen LogP contribution >= 0.6 is 27.7 Å². The number of aryl methyl sites for hydroxylation is 2. The van der Waals surface area contributed by atoms with Crippen molar-refractivity contribution >= 4 is 39.4 Å². The zero-order valence-corrected chi connectivity index (χ0v) is 14.6. The summed E-state index contributed by atoms with van der Waals surface area (Å²) < 4.78 is 11.0. The molecule has 1 heterocycles. The third-order valence-electron chi connectivity index (χ3n) is 2.96. The Labute approximate surface area is 141 Å². The molecule has 2 rings (SSSR count). The van der Waals surface area contributed by atoms with Crippen LogP contribution in [0.25, 0.3) is 0 Å². The fourth-order valence-electron chi connectivity index (χ4n) is 1.74. The van der Waals surface area contributed by atoms with E-state index in [0.29, 0.717) is 0 Å². The van der Waals surface area contributed by atoms with Crippen LogP contribution in [0.5, 0.6) is 0 Å². The van der Waals surface area contributed by atoms with Gasteiger partial charge in [0.15, 0.2) is 12.4 Å². The molecule has 0 unspecified atom stereocenters. The number of benzene rings is 1. The van der Waals surface area contributed by atoms with Crippen LogP contribution in [0.15, 0.2) is 44.3 Å². The Kier molecular flexibility index (Phi) is 5.85. The Bertz CT molecular complexity index is 680. The van der Waals surface area contributed by atoms with Crippen LogP contribution in [0.2, 0.25) is 0 Å². The van der Waals surface area contributed by atoms with Crippen LogP contribution in [0.4, 0.5) is 0 Å². The van der Waals surface area contributed by atoms with Crippen LogP contribution in [-0.2, 0) is 9.53 Å². The van der Waals surface area contributed by atoms with Gasteiger partial charge in [-0.05, 0) is 49.2 Å². The molecule has 0 bridgehead atoms. The van der Waals surface area contributed by atoms with E-state index in [1.54, 1.807) is 12.1 Å². The molecule has 0 spiro atoms. The van der Waals surface area contributed by atoms with E-state index in [9.17, 15) is 9.59 Å². The molecule has 0 radical (unpaired) electrons. The highest BCUT2D eigenvalue weighted by atomic mass is 79.9. The van der Waals surface area contributed by atoms with Crippen LogP contribution in [-0.4, -0.2) is 24.1 Å². The van der Waals surface area contributed by atoms with Crippen molar-refractivity contribution < 1.29 is 18.7 Å². The van der Waals surface area contributed by atoms with Gasteiger partial charge >= 0.3 is 5.97 Å². The van der Waals surface area contributed by atoms with E-state index in [1.165, 1.54) is 18.0 Å². The van der Waals surface area contributed by atoms with Crippen molar-refractivity contribution in [3.05, 3.63) is 51.9 Å². The molecule has 0 aliphatic carbocycles. The summed E-state index contributed by atoms with van der Waals surface area (Å²) in [7, 11) is 0. The summed E-state index contributed by atoms with van der Waals surface area (Å²) in [5, 5.41) is 0. The predicted octanol–water partition coefficient (Wildman–Crippen LogP) is 4.18. The molecule has 4 nitrogen and oxygen atoms in total. The average molecular weight is 383 g/mol. The number of Topliss-reactive ketones (excluding diaryl/α,β-unsaturated/α-hetero) is 1. The van der Waals surface area contributed by atoms with E-state index in [2.05, 4.69) is 15.9 Å². The van der Waals surface area contributed by atoms with Crippen LogP contribution in [0.1, 0.15) is 21.7 Å². The third-order valence-corrected chi connectivity index (χ3v) is 4.95. The van der Waals surface area contributed by atoms with E-state index in [4.69, 9.17) is 9.15 Å². The van der Waals surface area contributed by atoms with Crippen molar-refractivity contribution in [2.24, 2.45) is 0 Å². The molecule has 1 aromatic heterocycles. The minimum atomic E-state index is -0.426. The Morgan fingerprint density at radius 2 is 2.05 bits per heavy atom. The molecule has 0 fully saturated rings. The van der Waals surface area contributed by atoms with Gasteiger partial charge in [0.1, 0.15) is 0 Å². The normalized spacial score (nSPS) is 10.5. The van der Waals surface area contributed by atoms with Crippen molar-refractivity contribution in [1.29, 1.82) is 0 Å². The number of ether oxygens (including phenoxy) is 1. The molecule has 0 amide bonds. The molecule has 0 aliphatic heterocycles. The van der Waals surface area contributed by atoms with E-state index in [-0.39, 0.29) is 23.9 Å². The standard InChI is InChI=1S/C16H15BrO4S/c1-10-7-15(11(2)6-12(10)17)22-9-16(19)21-8-13(18)14-4-3-5-20-14/h3-7H,8-9H2,1-2H3. The highest BCUT2D eigenvalue weighted by Crippen LogP contribution is 2.28. The van der Waals surface area contributed by atoms with Crippen molar-refractivity contribution in [2.75, 3.05) is 12.4 Å². The van der Waals surface area contributed by atoms with Gasteiger partial charge in [-0.25, -0.2) is 0 Å². The maximum Gasteiger partial charge on any atom is 0.316 e. The zero-order valence-electron chi connectivity index (χ0n) is 12.2. The monoisotopic (exact) mass is 382 g/mol. The first-order valence-electron chi connectivity index (χ1n) is 6.59. The third kappa shape index (κ3) is 4.48. The second-order valence-electron chi connectivity index (χ2n) is 4.72. The lowest BCUT2D eigenvalue weighted by atomic mass is 10.2. The summed E-state index contributed by atoms with van der Waals surface area (Å²) in [6, 6.07) is 7.19. The number of hydrogen-bond donors (Lipinski definition) is 0. The fraction of sp³-hybridized carbons (Fsp3) is 0.250. The zero-order chi connectivity index (χ0) is 16.1. The van der Waals surface area contributed by atoms with E-state index >= 15 is 0 Å². The SMILES string of the molecule is Cc1cc(SCC(=O)OCC(=O)c2ccco2)c(C)cc1Br. The number of esters is 1.